The van der Waals surface area contributed by atoms with Crippen molar-refractivity contribution >= 4 is 5.69 Å². The van der Waals surface area contributed by atoms with Crippen molar-refractivity contribution < 1.29 is 14.9 Å². The van der Waals surface area contributed by atoms with Crippen LogP contribution in [0.15, 0.2) is 60.6 Å². The first-order chi connectivity index (χ1) is 12.5. The molecule has 142 valence electrons. The van der Waals surface area contributed by atoms with Gasteiger partial charge < -0.3 is 19.8 Å². The van der Waals surface area contributed by atoms with Gasteiger partial charge in [0.05, 0.1) is 5.76 Å². The van der Waals surface area contributed by atoms with Crippen LogP contribution in [-0.2, 0) is 4.74 Å². The highest BCUT2D eigenvalue weighted by Crippen LogP contribution is 2.17. The van der Waals surface area contributed by atoms with Gasteiger partial charge in [0, 0.05) is 38.4 Å². The van der Waals surface area contributed by atoms with E-state index in [1.54, 1.807) is 13.0 Å². The number of ether oxygens (including phenoxy) is 1. The van der Waals surface area contributed by atoms with E-state index in [-0.39, 0.29) is 12.4 Å². The van der Waals surface area contributed by atoms with E-state index in [2.05, 4.69) is 47.6 Å². The van der Waals surface area contributed by atoms with Gasteiger partial charge in [-0.1, -0.05) is 24.3 Å². The number of β-amino-alcohol motifs (C(OH)–C–C–N with tert-alkyl or cyclic N) is 1. The third-order valence-electron chi connectivity index (χ3n) is 4.44. The lowest BCUT2D eigenvalue weighted by molar-refractivity contribution is 0.0420. The Morgan fingerprint density at radius 2 is 1.85 bits per heavy atom. The van der Waals surface area contributed by atoms with E-state index in [9.17, 15) is 10.2 Å². The highest BCUT2D eigenvalue weighted by Gasteiger charge is 2.19. The van der Waals surface area contributed by atoms with Gasteiger partial charge >= 0.3 is 0 Å². The molecule has 2 N–H and O–H groups in total. The number of hydrogen-bond acceptors (Lipinski definition) is 5. The predicted octanol–water partition coefficient (Wildman–Crippen LogP) is 3.03. The molecule has 0 spiro atoms. The molecule has 0 aromatic heterocycles. The fraction of sp³-hybridized carbons (Fsp3) is 0.429. The van der Waals surface area contributed by atoms with Gasteiger partial charge in [-0.3, -0.25) is 4.90 Å². The van der Waals surface area contributed by atoms with E-state index in [0.717, 1.165) is 26.2 Å². The van der Waals surface area contributed by atoms with Crippen molar-refractivity contribution in [1.29, 1.82) is 0 Å². The minimum absolute atomic E-state index is 0.0833. The van der Waals surface area contributed by atoms with Crippen molar-refractivity contribution in [2.45, 2.75) is 20.0 Å². The van der Waals surface area contributed by atoms with Gasteiger partial charge in [-0.05, 0) is 44.2 Å². The third-order valence-corrected chi connectivity index (χ3v) is 4.44. The van der Waals surface area contributed by atoms with Crippen molar-refractivity contribution in [2.24, 2.45) is 0 Å². The average molecular weight is 358 g/mol. The molecule has 26 heavy (non-hydrogen) atoms. The molecule has 5 nitrogen and oxygen atoms in total. The van der Waals surface area contributed by atoms with E-state index in [1.807, 2.05) is 0 Å². The number of hydrogen-bond donors (Lipinski definition) is 2. The lowest BCUT2D eigenvalue weighted by Crippen LogP contribution is -2.49. The highest BCUT2D eigenvalue weighted by molar-refractivity contribution is 5.47. The standard InChI is InChI=1S/C21H30N2O3/c1-4-20(24)10-7-18(3)26-16-21(25)15-22-11-13-23(14-12-22)19-8-5-17(2)6-9-19/h4-10,21,24-25H,1,11-16H2,2-3H3/b18-7+,20-10+/t21-/m0/s1. The van der Waals surface area contributed by atoms with Gasteiger partial charge in [-0.15, -0.1) is 0 Å². The molecular formula is C21H30N2O3. The predicted molar refractivity (Wildman–Crippen MR) is 106 cm³/mol. The minimum atomic E-state index is -0.541. The summed E-state index contributed by atoms with van der Waals surface area (Å²) in [5, 5.41) is 19.5. The fourth-order valence-electron chi connectivity index (χ4n) is 2.84. The smallest absolute Gasteiger partial charge is 0.115 e. The molecule has 5 heteroatoms. The Kier molecular flexibility index (Phi) is 7.75. The van der Waals surface area contributed by atoms with E-state index < -0.39 is 6.10 Å². The Hall–Kier alpha value is -2.24. The van der Waals surface area contributed by atoms with Crippen molar-refractivity contribution in [3.05, 3.63) is 66.2 Å². The first-order valence-electron chi connectivity index (χ1n) is 9.02. The quantitative estimate of drug-likeness (QED) is 0.553. The van der Waals surface area contributed by atoms with Crippen LogP contribution in [-0.4, -0.2) is 60.5 Å². The zero-order valence-electron chi connectivity index (χ0n) is 15.8. The van der Waals surface area contributed by atoms with Gasteiger partial charge in [0.25, 0.3) is 0 Å². The lowest BCUT2D eigenvalue weighted by atomic mass is 10.2. The molecule has 0 amide bonds. The number of benzene rings is 1. The van der Waals surface area contributed by atoms with Crippen molar-refractivity contribution in [3.8, 4) is 0 Å². The minimum Gasteiger partial charge on any atom is -0.508 e. The first kappa shape index (κ1) is 20.1. The maximum atomic E-state index is 10.2. The summed E-state index contributed by atoms with van der Waals surface area (Å²) >= 11 is 0. The molecule has 0 saturated carbocycles. The summed E-state index contributed by atoms with van der Waals surface area (Å²) in [6, 6.07) is 8.62. The van der Waals surface area contributed by atoms with E-state index in [0.29, 0.717) is 12.3 Å². The van der Waals surface area contributed by atoms with E-state index >= 15 is 0 Å². The Morgan fingerprint density at radius 1 is 1.19 bits per heavy atom. The molecule has 2 rings (SSSR count). The molecule has 1 fully saturated rings. The highest BCUT2D eigenvalue weighted by atomic mass is 16.5. The van der Waals surface area contributed by atoms with Crippen LogP contribution in [0.2, 0.25) is 0 Å². The zero-order valence-corrected chi connectivity index (χ0v) is 15.8. The van der Waals surface area contributed by atoms with Crippen molar-refractivity contribution in [2.75, 3.05) is 44.2 Å². The fourth-order valence-corrected chi connectivity index (χ4v) is 2.84. The van der Waals surface area contributed by atoms with E-state index in [1.165, 1.54) is 23.4 Å². The number of aliphatic hydroxyl groups is 2. The second-order valence-electron chi connectivity index (χ2n) is 6.66. The maximum absolute atomic E-state index is 10.2. The number of rotatable bonds is 8. The average Bonchev–Trinajstić information content (AvgIpc) is 2.65. The Bertz CT molecular complexity index is 629. The first-order valence-corrected chi connectivity index (χ1v) is 9.02. The largest absolute Gasteiger partial charge is 0.508 e. The topological polar surface area (TPSA) is 56.2 Å². The summed E-state index contributed by atoms with van der Waals surface area (Å²) in [6.07, 6.45) is 3.99. The second-order valence-corrected chi connectivity index (χ2v) is 6.66. The molecule has 1 aromatic rings. The number of aryl methyl sites for hydroxylation is 1. The second kappa shape index (κ2) is 10.0. The Morgan fingerprint density at radius 3 is 2.46 bits per heavy atom. The molecule has 1 saturated heterocycles. The van der Waals surface area contributed by atoms with Crippen LogP contribution in [0.4, 0.5) is 5.69 Å². The molecule has 1 aliphatic rings. The maximum Gasteiger partial charge on any atom is 0.115 e. The molecule has 1 atom stereocenters. The summed E-state index contributed by atoms with van der Waals surface area (Å²) in [4.78, 5) is 4.64. The number of nitrogens with zero attached hydrogens (tertiary/aromatic N) is 2. The summed E-state index contributed by atoms with van der Waals surface area (Å²) in [7, 11) is 0. The van der Waals surface area contributed by atoms with Crippen LogP contribution >= 0.6 is 0 Å². The molecule has 0 radical (unpaired) electrons. The number of aliphatic hydroxyl groups excluding tert-OH is 2. The van der Waals surface area contributed by atoms with Gasteiger partial charge in [0.15, 0.2) is 0 Å². The monoisotopic (exact) mass is 358 g/mol. The Labute approximate surface area is 156 Å². The Balaban J connectivity index is 1.71. The van der Waals surface area contributed by atoms with Crippen LogP contribution in [0.5, 0.6) is 0 Å². The molecule has 0 unspecified atom stereocenters. The molecule has 0 bridgehead atoms. The third kappa shape index (κ3) is 6.58. The van der Waals surface area contributed by atoms with Gasteiger partial charge in [0.1, 0.15) is 18.5 Å². The van der Waals surface area contributed by atoms with Crippen LogP contribution in [0.1, 0.15) is 12.5 Å². The van der Waals surface area contributed by atoms with Crippen LogP contribution in [0.25, 0.3) is 0 Å². The summed E-state index contributed by atoms with van der Waals surface area (Å²) < 4.78 is 5.53. The molecule has 1 aliphatic heterocycles. The molecule has 1 heterocycles. The van der Waals surface area contributed by atoms with Gasteiger partial charge in [-0.2, -0.15) is 0 Å². The van der Waals surface area contributed by atoms with Crippen LogP contribution in [0, 0.1) is 6.92 Å². The van der Waals surface area contributed by atoms with Crippen molar-refractivity contribution in [3.63, 3.8) is 0 Å². The van der Waals surface area contributed by atoms with Gasteiger partial charge in [-0.25, -0.2) is 0 Å². The van der Waals surface area contributed by atoms with E-state index in [4.69, 9.17) is 4.74 Å². The SMILES string of the molecule is C=C/C(O)=C\C=C(/C)OC[C@@H](O)CN1CCN(c2ccc(C)cc2)CC1. The van der Waals surface area contributed by atoms with Gasteiger partial charge in [0.2, 0.25) is 0 Å². The van der Waals surface area contributed by atoms with Crippen LogP contribution in [0.3, 0.4) is 0 Å². The summed E-state index contributed by atoms with van der Waals surface area (Å²) in [5.74, 6) is 0.724. The van der Waals surface area contributed by atoms with Crippen LogP contribution < -0.4 is 4.90 Å². The molecule has 1 aromatic carbocycles. The molecule has 0 aliphatic carbocycles. The normalized spacial score (nSPS) is 17.9. The lowest BCUT2D eigenvalue weighted by Gasteiger charge is -2.36. The number of piperazine rings is 1. The molecular weight excluding hydrogens is 328 g/mol. The number of allylic oxidation sites excluding steroid dienone is 4. The van der Waals surface area contributed by atoms with Crippen molar-refractivity contribution in [1.82, 2.24) is 4.90 Å². The summed E-state index contributed by atoms with van der Waals surface area (Å²) in [6.45, 7) is 12.0. The summed E-state index contributed by atoms with van der Waals surface area (Å²) in [5.41, 5.74) is 2.53. The number of anilines is 1. The zero-order chi connectivity index (χ0) is 18.9.